The van der Waals surface area contributed by atoms with Crippen LogP contribution >= 0.6 is 0 Å². The van der Waals surface area contributed by atoms with Crippen molar-refractivity contribution >= 4 is 16.9 Å². The van der Waals surface area contributed by atoms with E-state index in [1.165, 1.54) is 48.5 Å². The first kappa shape index (κ1) is 20.6. The highest BCUT2D eigenvalue weighted by Crippen LogP contribution is 2.38. The van der Waals surface area contributed by atoms with Crippen LogP contribution in [0.1, 0.15) is 16.1 Å². The fourth-order valence-corrected chi connectivity index (χ4v) is 3.49. The van der Waals surface area contributed by atoms with Gasteiger partial charge in [0.15, 0.2) is 11.5 Å². The average Bonchev–Trinajstić information content (AvgIpc) is 3.27. The third-order valence-corrected chi connectivity index (χ3v) is 5.00. The van der Waals surface area contributed by atoms with Gasteiger partial charge >= 0.3 is 12.1 Å². The predicted octanol–water partition coefficient (Wildman–Crippen LogP) is 5.43. The summed E-state index contributed by atoms with van der Waals surface area (Å²) in [7, 11) is 0. The summed E-state index contributed by atoms with van der Waals surface area (Å²) in [4.78, 5) is 25.5. The van der Waals surface area contributed by atoms with Crippen molar-refractivity contribution in [3.8, 4) is 28.4 Å². The molecule has 0 radical (unpaired) electrons. The Morgan fingerprint density at radius 2 is 1.67 bits per heavy atom. The number of halogens is 3. The number of benzene rings is 3. The van der Waals surface area contributed by atoms with Gasteiger partial charge in [-0.1, -0.05) is 30.3 Å². The normalized spacial score (nSPS) is 12.7. The van der Waals surface area contributed by atoms with Crippen molar-refractivity contribution in [1.82, 2.24) is 0 Å². The lowest BCUT2D eigenvalue weighted by molar-refractivity contribution is -0.152. The molecule has 6 nitrogen and oxygen atoms in total. The molecular formula is C24H13F3O6. The van der Waals surface area contributed by atoms with Crippen LogP contribution in [0.15, 0.2) is 75.9 Å². The van der Waals surface area contributed by atoms with Gasteiger partial charge in [0.25, 0.3) is 0 Å². The van der Waals surface area contributed by atoms with Gasteiger partial charge in [-0.2, -0.15) is 13.2 Å². The van der Waals surface area contributed by atoms with E-state index >= 15 is 0 Å². The molecule has 0 atom stereocenters. The van der Waals surface area contributed by atoms with Gasteiger partial charge in [0.05, 0.1) is 16.5 Å². The third kappa shape index (κ3) is 3.78. The Bertz CT molecular complexity index is 1440. The summed E-state index contributed by atoms with van der Waals surface area (Å²) in [5, 5.41) is -0.0790. The van der Waals surface area contributed by atoms with Crippen molar-refractivity contribution in [1.29, 1.82) is 0 Å². The van der Waals surface area contributed by atoms with Crippen molar-refractivity contribution < 1.29 is 36.6 Å². The second kappa shape index (κ2) is 7.70. The molecule has 4 aromatic rings. The number of hydrogen-bond donors (Lipinski definition) is 0. The summed E-state index contributed by atoms with van der Waals surface area (Å²) in [5.74, 6) is -1.43. The zero-order chi connectivity index (χ0) is 23.2. The molecule has 0 saturated heterocycles. The quantitative estimate of drug-likeness (QED) is 0.304. The summed E-state index contributed by atoms with van der Waals surface area (Å²) in [6.07, 6.45) is -4.92. The average molecular weight is 454 g/mol. The van der Waals surface area contributed by atoms with Gasteiger partial charge < -0.3 is 18.6 Å². The molecule has 0 unspecified atom stereocenters. The summed E-state index contributed by atoms with van der Waals surface area (Å²) >= 11 is 0. The van der Waals surface area contributed by atoms with E-state index in [-0.39, 0.29) is 34.6 Å². The number of ether oxygens (including phenoxy) is 3. The first-order valence-corrected chi connectivity index (χ1v) is 9.66. The number of hydrogen-bond acceptors (Lipinski definition) is 6. The molecule has 0 bridgehead atoms. The second-order valence-electron chi connectivity index (χ2n) is 7.11. The Kier molecular flexibility index (Phi) is 4.81. The lowest BCUT2D eigenvalue weighted by Crippen LogP contribution is -2.16. The number of carbonyl (C=O) groups excluding carboxylic acids is 1. The fourth-order valence-electron chi connectivity index (χ4n) is 3.49. The maximum Gasteiger partial charge on any atom is 0.450 e. The predicted molar refractivity (Wildman–Crippen MR) is 110 cm³/mol. The molecule has 3 aromatic carbocycles. The molecule has 0 spiro atoms. The van der Waals surface area contributed by atoms with Crippen LogP contribution in [0.25, 0.3) is 22.1 Å². The Morgan fingerprint density at radius 1 is 0.909 bits per heavy atom. The van der Waals surface area contributed by atoms with Crippen molar-refractivity contribution in [2.24, 2.45) is 0 Å². The first-order valence-electron chi connectivity index (χ1n) is 9.66. The van der Waals surface area contributed by atoms with Gasteiger partial charge in [-0.05, 0) is 35.9 Å². The highest BCUT2D eigenvalue weighted by Gasteiger charge is 2.39. The highest BCUT2D eigenvalue weighted by molar-refractivity contribution is 5.92. The molecular weight excluding hydrogens is 441 g/mol. The largest absolute Gasteiger partial charge is 0.454 e. The zero-order valence-corrected chi connectivity index (χ0v) is 16.6. The third-order valence-electron chi connectivity index (χ3n) is 5.00. The Balaban J connectivity index is 1.55. The number of carbonyl (C=O) groups is 1. The van der Waals surface area contributed by atoms with Crippen molar-refractivity contribution in [2.75, 3.05) is 6.79 Å². The highest BCUT2D eigenvalue weighted by atomic mass is 19.4. The van der Waals surface area contributed by atoms with Gasteiger partial charge in [0.1, 0.15) is 11.3 Å². The Hall–Kier alpha value is -4.27. The minimum Gasteiger partial charge on any atom is -0.454 e. The van der Waals surface area contributed by atoms with Crippen molar-refractivity contribution in [3.63, 3.8) is 0 Å². The monoisotopic (exact) mass is 454 g/mol. The van der Waals surface area contributed by atoms with E-state index in [1.807, 2.05) is 0 Å². The molecule has 9 heteroatoms. The summed E-state index contributed by atoms with van der Waals surface area (Å²) in [6.45, 7) is 0.0318. The van der Waals surface area contributed by atoms with Crippen LogP contribution in [-0.4, -0.2) is 12.8 Å². The maximum absolute atomic E-state index is 13.7. The molecule has 0 amide bonds. The van der Waals surface area contributed by atoms with Crippen LogP contribution in [0, 0.1) is 0 Å². The van der Waals surface area contributed by atoms with Gasteiger partial charge in [0.2, 0.25) is 18.0 Å². The summed E-state index contributed by atoms with van der Waals surface area (Å²) < 4.78 is 62.0. The van der Waals surface area contributed by atoms with E-state index in [0.717, 1.165) is 6.07 Å². The Morgan fingerprint density at radius 3 is 2.42 bits per heavy atom. The van der Waals surface area contributed by atoms with Gasteiger partial charge in [0, 0.05) is 6.07 Å². The second-order valence-corrected chi connectivity index (χ2v) is 7.11. The topological polar surface area (TPSA) is 75.0 Å². The molecule has 2 heterocycles. The SMILES string of the molecule is O=C(Oc1ccc2c(=O)c(-c3ccccc3)c(C(F)(F)F)oc2c1)c1ccc2c(c1)OCO2. The van der Waals surface area contributed by atoms with Gasteiger partial charge in [-0.15, -0.1) is 0 Å². The minimum atomic E-state index is -4.92. The minimum absolute atomic E-state index is 0.0318. The summed E-state index contributed by atoms with van der Waals surface area (Å²) in [6, 6.07) is 15.6. The van der Waals surface area contributed by atoms with Gasteiger partial charge in [-0.25, -0.2) is 4.79 Å². The first-order chi connectivity index (χ1) is 15.8. The van der Waals surface area contributed by atoms with Crippen molar-refractivity contribution in [3.05, 3.63) is 88.3 Å². The van der Waals surface area contributed by atoms with E-state index in [2.05, 4.69) is 0 Å². The van der Waals surface area contributed by atoms with E-state index in [0.29, 0.717) is 11.5 Å². The smallest absolute Gasteiger partial charge is 0.450 e. The van der Waals surface area contributed by atoms with Crippen LogP contribution in [0.3, 0.4) is 0 Å². The van der Waals surface area contributed by atoms with E-state index in [4.69, 9.17) is 18.6 Å². The lowest BCUT2D eigenvalue weighted by atomic mass is 10.0. The number of alkyl halides is 3. The molecule has 0 N–H and O–H groups in total. The number of fused-ring (bicyclic) bond motifs is 2. The van der Waals surface area contributed by atoms with E-state index < -0.39 is 28.9 Å². The summed E-state index contributed by atoms with van der Waals surface area (Å²) in [5.41, 5.74) is -1.55. The molecule has 1 aromatic heterocycles. The van der Waals surface area contributed by atoms with Gasteiger partial charge in [-0.3, -0.25) is 4.79 Å². The van der Waals surface area contributed by atoms with E-state index in [1.54, 1.807) is 12.1 Å². The van der Waals surface area contributed by atoms with E-state index in [9.17, 15) is 22.8 Å². The molecule has 0 saturated carbocycles. The van der Waals surface area contributed by atoms with Crippen molar-refractivity contribution in [2.45, 2.75) is 6.18 Å². The molecule has 5 rings (SSSR count). The fraction of sp³-hybridized carbons (Fsp3) is 0.0833. The lowest BCUT2D eigenvalue weighted by Gasteiger charge is -2.13. The van der Waals surface area contributed by atoms with Crippen LogP contribution in [0.4, 0.5) is 13.2 Å². The zero-order valence-electron chi connectivity index (χ0n) is 16.6. The maximum atomic E-state index is 13.7. The van der Waals surface area contributed by atoms with Crippen LogP contribution in [0.2, 0.25) is 0 Å². The Labute approximate surface area is 183 Å². The molecule has 0 fully saturated rings. The standard InChI is InChI=1S/C24H13F3O6/c25-24(26,27)22-20(13-4-2-1-3-5-13)21(28)16-8-7-15(11-18(16)33-22)32-23(29)14-6-9-17-19(10-14)31-12-30-17/h1-11H,12H2. The molecule has 1 aliphatic rings. The molecule has 0 aliphatic carbocycles. The molecule has 166 valence electrons. The number of rotatable bonds is 3. The molecule has 1 aliphatic heterocycles. The van der Waals surface area contributed by atoms with Crippen LogP contribution in [-0.2, 0) is 6.18 Å². The molecule has 33 heavy (non-hydrogen) atoms. The number of esters is 1. The van der Waals surface area contributed by atoms with Crippen LogP contribution < -0.4 is 19.6 Å². The van der Waals surface area contributed by atoms with Crippen LogP contribution in [0.5, 0.6) is 17.2 Å².